The zero-order chi connectivity index (χ0) is 19.8. The van der Waals surface area contributed by atoms with E-state index in [4.69, 9.17) is 32.7 Å². The van der Waals surface area contributed by atoms with Crippen LogP contribution >= 0.6 is 23.2 Å². The number of pyridine rings is 1. The van der Waals surface area contributed by atoms with Crippen molar-refractivity contribution in [1.29, 1.82) is 0 Å². The van der Waals surface area contributed by atoms with Crippen LogP contribution in [0.15, 0.2) is 60.9 Å². The topological polar surface area (TPSA) is 43.4 Å². The molecule has 0 atom stereocenters. The predicted molar refractivity (Wildman–Crippen MR) is 113 cm³/mol. The SMILES string of the molecule is CCOc1cc(CNCc2ccncc2)c(Cl)cc1OCc1ccc(Cl)cc1. The fourth-order valence-corrected chi connectivity index (χ4v) is 3.02. The molecule has 0 spiro atoms. The molecule has 0 fully saturated rings. The van der Waals surface area contributed by atoms with Gasteiger partial charge in [0.25, 0.3) is 0 Å². The zero-order valence-electron chi connectivity index (χ0n) is 15.6. The maximum absolute atomic E-state index is 6.48. The second-order valence-electron chi connectivity index (χ2n) is 6.20. The van der Waals surface area contributed by atoms with E-state index >= 15 is 0 Å². The first kappa shape index (κ1) is 20.5. The van der Waals surface area contributed by atoms with Gasteiger partial charge in [0.2, 0.25) is 0 Å². The first-order valence-corrected chi connectivity index (χ1v) is 9.83. The van der Waals surface area contributed by atoms with Crippen LogP contribution in [0.25, 0.3) is 0 Å². The Labute approximate surface area is 175 Å². The quantitative estimate of drug-likeness (QED) is 0.488. The molecule has 0 aliphatic rings. The van der Waals surface area contributed by atoms with E-state index in [1.807, 2.05) is 55.5 Å². The monoisotopic (exact) mass is 416 g/mol. The van der Waals surface area contributed by atoms with Crippen molar-refractivity contribution < 1.29 is 9.47 Å². The molecule has 0 aliphatic carbocycles. The maximum atomic E-state index is 6.48. The molecule has 2 aromatic carbocycles. The van der Waals surface area contributed by atoms with E-state index in [2.05, 4.69) is 10.3 Å². The van der Waals surface area contributed by atoms with Crippen molar-refractivity contribution in [2.45, 2.75) is 26.6 Å². The number of hydrogen-bond acceptors (Lipinski definition) is 4. The van der Waals surface area contributed by atoms with Gasteiger partial charge < -0.3 is 14.8 Å². The molecule has 0 amide bonds. The number of hydrogen-bond donors (Lipinski definition) is 1. The minimum atomic E-state index is 0.410. The van der Waals surface area contributed by atoms with Crippen LogP contribution in [0.5, 0.6) is 11.5 Å². The lowest BCUT2D eigenvalue weighted by atomic mass is 10.2. The summed E-state index contributed by atoms with van der Waals surface area (Å²) in [5.74, 6) is 1.31. The van der Waals surface area contributed by atoms with Crippen LogP contribution in [0.3, 0.4) is 0 Å². The van der Waals surface area contributed by atoms with Crippen LogP contribution < -0.4 is 14.8 Å². The molecule has 3 rings (SSSR count). The Morgan fingerprint density at radius 2 is 1.57 bits per heavy atom. The molecule has 1 heterocycles. The van der Waals surface area contributed by atoms with Crippen LogP contribution in [-0.2, 0) is 19.7 Å². The normalized spacial score (nSPS) is 10.7. The third-order valence-electron chi connectivity index (χ3n) is 4.11. The third kappa shape index (κ3) is 5.86. The Hall–Kier alpha value is -2.27. The van der Waals surface area contributed by atoms with E-state index < -0.39 is 0 Å². The summed E-state index contributed by atoms with van der Waals surface area (Å²) in [6.07, 6.45) is 3.56. The summed E-state index contributed by atoms with van der Waals surface area (Å²) in [7, 11) is 0. The van der Waals surface area contributed by atoms with E-state index in [0.717, 1.165) is 17.7 Å². The summed E-state index contributed by atoms with van der Waals surface area (Å²) in [5, 5.41) is 4.73. The lowest BCUT2D eigenvalue weighted by Crippen LogP contribution is -2.13. The van der Waals surface area contributed by atoms with Crippen molar-refractivity contribution >= 4 is 23.2 Å². The molecule has 0 unspecified atom stereocenters. The van der Waals surface area contributed by atoms with Crippen molar-refractivity contribution in [3.63, 3.8) is 0 Å². The number of nitrogens with zero attached hydrogens (tertiary/aromatic N) is 1. The van der Waals surface area contributed by atoms with Crippen LogP contribution in [0.2, 0.25) is 10.0 Å². The molecule has 0 saturated carbocycles. The number of aromatic nitrogens is 1. The number of rotatable bonds is 9. The maximum Gasteiger partial charge on any atom is 0.163 e. The lowest BCUT2D eigenvalue weighted by Gasteiger charge is -2.15. The van der Waals surface area contributed by atoms with Gasteiger partial charge in [0.1, 0.15) is 6.61 Å². The van der Waals surface area contributed by atoms with E-state index in [-0.39, 0.29) is 0 Å². The molecule has 28 heavy (non-hydrogen) atoms. The Balaban J connectivity index is 1.67. The molecule has 0 aliphatic heterocycles. The molecule has 0 bridgehead atoms. The van der Waals surface area contributed by atoms with Gasteiger partial charge >= 0.3 is 0 Å². The highest BCUT2D eigenvalue weighted by Gasteiger charge is 2.11. The van der Waals surface area contributed by atoms with Gasteiger partial charge in [-0.05, 0) is 53.9 Å². The molecule has 4 nitrogen and oxygen atoms in total. The molecular weight excluding hydrogens is 395 g/mol. The fraction of sp³-hybridized carbons (Fsp3) is 0.227. The number of benzene rings is 2. The summed E-state index contributed by atoms with van der Waals surface area (Å²) in [5.41, 5.74) is 3.14. The fourth-order valence-electron chi connectivity index (χ4n) is 2.68. The van der Waals surface area contributed by atoms with Crippen molar-refractivity contribution in [3.8, 4) is 11.5 Å². The van der Waals surface area contributed by atoms with E-state index in [9.17, 15) is 0 Å². The van der Waals surface area contributed by atoms with E-state index in [1.165, 1.54) is 5.56 Å². The van der Waals surface area contributed by atoms with Gasteiger partial charge in [0, 0.05) is 41.6 Å². The first-order chi connectivity index (χ1) is 13.7. The average molecular weight is 417 g/mol. The minimum absolute atomic E-state index is 0.410. The Kier molecular flexibility index (Phi) is 7.54. The summed E-state index contributed by atoms with van der Waals surface area (Å²) in [6, 6.07) is 15.3. The second kappa shape index (κ2) is 10.3. The summed E-state index contributed by atoms with van der Waals surface area (Å²) in [6.45, 7) is 4.26. The Bertz CT molecular complexity index is 887. The van der Waals surface area contributed by atoms with Crippen molar-refractivity contribution in [2.75, 3.05) is 6.61 Å². The van der Waals surface area contributed by atoms with Gasteiger partial charge in [0.05, 0.1) is 6.61 Å². The molecule has 1 aromatic heterocycles. The van der Waals surface area contributed by atoms with Crippen LogP contribution in [0.1, 0.15) is 23.6 Å². The number of ether oxygens (including phenoxy) is 2. The van der Waals surface area contributed by atoms with E-state index in [0.29, 0.717) is 41.3 Å². The highest BCUT2D eigenvalue weighted by atomic mass is 35.5. The minimum Gasteiger partial charge on any atom is -0.490 e. The molecule has 0 radical (unpaired) electrons. The molecule has 146 valence electrons. The number of nitrogens with one attached hydrogen (secondary N) is 1. The Morgan fingerprint density at radius 1 is 0.857 bits per heavy atom. The second-order valence-corrected chi connectivity index (χ2v) is 7.04. The third-order valence-corrected chi connectivity index (χ3v) is 4.72. The van der Waals surface area contributed by atoms with Gasteiger partial charge in [-0.15, -0.1) is 0 Å². The average Bonchev–Trinajstić information content (AvgIpc) is 2.71. The highest BCUT2D eigenvalue weighted by Crippen LogP contribution is 2.34. The molecule has 0 saturated heterocycles. The molecule has 3 aromatic rings. The summed E-state index contributed by atoms with van der Waals surface area (Å²) >= 11 is 12.4. The molecule has 1 N–H and O–H groups in total. The zero-order valence-corrected chi connectivity index (χ0v) is 17.1. The number of halogens is 2. The van der Waals surface area contributed by atoms with Crippen LogP contribution in [-0.4, -0.2) is 11.6 Å². The lowest BCUT2D eigenvalue weighted by molar-refractivity contribution is 0.269. The van der Waals surface area contributed by atoms with Gasteiger partial charge in [0.15, 0.2) is 11.5 Å². The molecular formula is C22H22Cl2N2O2. The van der Waals surface area contributed by atoms with Crippen molar-refractivity contribution in [3.05, 3.63) is 87.7 Å². The summed E-state index contributed by atoms with van der Waals surface area (Å²) in [4.78, 5) is 4.03. The highest BCUT2D eigenvalue weighted by molar-refractivity contribution is 6.31. The standard InChI is InChI=1S/C22H22Cl2N2O2/c1-2-27-21-11-18(14-26-13-16-7-9-25-10-8-16)20(24)12-22(21)28-15-17-3-5-19(23)6-4-17/h3-12,26H,2,13-15H2,1H3. The van der Waals surface area contributed by atoms with E-state index in [1.54, 1.807) is 12.4 Å². The van der Waals surface area contributed by atoms with Crippen LogP contribution in [0, 0.1) is 0 Å². The van der Waals surface area contributed by atoms with Gasteiger partial charge in [-0.1, -0.05) is 35.3 Å². The van der Waals surface area contributed by atoms with Gasteiger partial charge in [-0.25, -0.2) is 0 Å². The van der Waals surface area contributed by atoms with Crippen molar-refractivity contribution in [2.24, 2.45) is 0 Å². The van der Waals surface area contributed by atoms with Gasteiger partial charge in [-0.3, -0.25) is 4.98 Å². The first-order valence-electron chi connectivity index (χ1n) is 9.07. The molecule has 6 heteroatoms. The largest absolute Gasteiger partial charge is 0.490 e. The summed E-state index contributed by atoms with van der Waals surface area (Å²) < 4.78 is 11.7. The van der Waals surface area contributed by atoms with Crippen LogP contribution in [0.4, 0.5) is 0 Å². The predicted octanol–water partition coefficient (Wildman–Crippen LogP) is 5.66. The van der Waals surface area contributed by atoms with Gasteiger partial charge in [-0.2, -0.15) is 0 Å². The Morgan fingerprint density at radius 3 is 2.29 bits per heavy atom. The smallest absolute Gasteiger partial charge is 0.163 e. The van der Waals surface area contributed by atoms with Crippen molar-refractivity contribution in [1.82, 2.24) is 10.3 Å².